The van der Waals surface area contributed by atoms with Gasteiger partial charge in [-0.1, -0.05) is 15.9 Å². The molecule has 2 aliphatic rings. The van der Waals surface area contributed by atoms with Gasteiger partial charge >= 0.3 is 0 Å². The van der Waals surface area contributed by atoms with E-state index in [4.69, 9.17) is 4.74 Å². The van der Waals surface area contributed by atoms with Crippen LogP contribution in [0.15, 0.2) is 0 Å². The first-order chi connectivity index (χ1) is 8.88. The van der Waals surface area contributed by atoms with E-state index in [9.17, 15) is 0 Å². The predicted octanol–water partition coefficient (Wildman–Crippen LogP) is 0.721. The first-order valence-electron chi connectivity index (χ1n) is 7.19. The van der Waals surface area contributed by atoms with Gasteiger partial charge in [0.15, 0.2) is 0 Å². The van der Waals surface area contributed by atoms with Crippen LogP contribution in [0.2, 0.25) is 0 Å². The molecule has 18 heavy (non-hydrogen) atoms. The van der Waals surface area contributed by atoms with Crippen LogP contribution < -0.4 is 0 Å². The molecule has 0 bridgehead atoms. The van der Waals surface area contributed by atoms with Crippen LogP contribution in [0, 0.1) is 0 Å². The van der Waals surface area contributed by atoms with E-state index in [-0.39, 0.29) is 0 Å². The molecular formula is C13H26BrN3O. The Morgan fingerprint density at radius 3 is 1.89 bits per heavy atom. The van der Waals surface area contributed by atoms with Crippen molar-refractivity contribution in [3.8, 4) is 0 Å². The fourth-order valence-corrected chi connectivity index (χ4v) is 3.20. The normalized spacial score (nSPS) is 25.2. The van der Waals surface area contributed by atoms with Crippen molar-refractivity contribution < 1.29 is 4.74 Å². The molecule has 0 radical (unpaired) electrons. The summed E-state index contributed by atoms with van der Waals surface area (Å²) in [6.45, 7) is 12.7. The lowest BCUT2D eigenvalue weighted by Gasteiger charge is -2.29. The van der Waals surface area contributed by atoms with E-state index >= 15 is 0 Å². The summed E-state index contributed by atoms with van der Waals surface area (Å²) in [7, 11) is 0. The van der Waals surface area contributed by atoms with Crippen molar-refractivity contribution in [2.75, 3.05) is 77.4 Å². The summed E-state index contributed by atoms with van der Waals surface area (Å²) in [6.07, 6.45) is 1.32. The van der Waals surface area contributed by atoms with Gasteiger partial charge in [0.25, 0.3) is 0 Å². The van der Waals surface area contributed by atoms with Gasteiger partial charge < -0.3 is 14.5 Å². The second-order valence-electron chi connectivity index (χ2n) is 5.18. The zero-order valence-corrected chi connectivity index (χ0v) is 12.9. The summed E-state index contributed by atoms with van der Waals surface area (Å²) in [5.41, 5.74) is 0. The average Bonchev–Trinajstić information content (AvgIpc) is 2.64. The van der Waals surface area contributed by atoms with Crippen molar-refractivity contribution in [1.82, 2.24) is 14.7 Å². The second-order valence-corrected chi connectivity index (χ2v) is 5.97. The SMILES string of the molecule is BrCCN1CCCN(CCN2CCOCC2)CC1. The summed E-state index contributed by atoms with van der Waals surface area (Å²) < 4.78 is 5.39. The van der Waals surface area contributed by atoms with E-state index in [2.05, 4.69) is 30.6 Å². The largest absolute Gasteiger partial charge is 0.379 e. The molecule has 2 heterocycles. The maximum atomic E-state index is 5.39. The van der Waals surface area contributed by atoms with E-state index in [1.54, 1.807) is 0 Å². The Balaban J connectivity index is 1.63. The quantitative estimate of drug-likeness (QED) is 0.695. The minimum absolute atomic E-state index is 0.916. The van der Waals surface area contributed by atoms with Gasteiger partial charge in [0.1, 0.15) is 0 Å². The molecule has 0 spiro atoms. The van der Waals surface area contributed by atoms with Crippen LogP contribution in [-0.4, -0.2) is 92.1 Å². The van der Waals surface area contributed by atoms with E-state index in [1.807, 2.05) is 0 Å². The average molecular weight is 320 g/mol. The van der Waals surface area contributed by atoms with Gasteiger partial charge in [-0.3, -0.25) is 4.90 Å². The summed E-state index contributed by atoms with van der Waals surface area (Å²) in [5, 5.41) is 1.10. The predicted molar refractivity (Wildman–Crippen MR) is 78.6 cm³/mol. The minimum atomic E-state index is 0.916. The summed E-state index contributed by atoms with van der Waals surface area (Å²) >= 11 is 3.53. The van der Waals surface area contributed by atoms with Crippen molar-refractivity contribution in [1.29, 1.82) is 0 Å². The number of alkyl halides is 1. The van der Waals surface area contributed by atoms with E-state index in [0.717, 1.165) is 31.6 Å². The molecule has 0 aromatic carbocycles. The fraction of sp³-hybridized carbons (Fsp3) is 1.00. The summed E-state index contributed by atoms with van der Waals surface area (Å²) in [5.74, 6) is 0. The molecule has 2 fully saturated rings. The van der Waals surface area contributed by atoms with Gasteiger partial charge in [-0.2, -0.15) is 0 Å². The van der Waals surface area contributed by atoms with Gasteiger partial charge in [0.2, 0.25) is 0 Å². The van der Waals surface area contributed by atoms with Crippen molar-refractivity contribution in [2.45, 2.75) is 6.42 Å². The molecule has 0 aromatic heterocycles. The molecule has 4 nitrogen and oxygen atoms in total. The third kappa shape index (κ3) is 5.13. The smallest absolute Gasteiger partial charge is 0.0594 e. The number of hydrogen-bond donors (Lipinski definition) is 0. The van der Waals surface area contributed by atoms with E-state index < -0.39 is 0 Å². The third-order valence-corrected chi connectivity index (χ3v) is 4.27. The second kappa shape index (κ2) is 8.48. The highest BCUT2D eigenvalue weighted by molar-refractivity contribution is 9.09. The zero-order chi connectivity index (χ0) is 12.6. The maximum absolute atomic E-state index is 5.39. The van der Waals surface area contributed by atoms with E-state index in [1.165, 1.54) is 52.2 Å². The molecule has 2 aliphatic heterocycles. The van der Waals surface area contributed by atoms with Crippen LogP contribution in [0.3, 0.4) is 0 Å². The van der Waals surface area contributed by atoms with Crippen molar-refractivity contribution >= 4 is 15.9 Å². The Morgan fingerprint density at radius 2 is 1.28 bits per heavy atom. The molecule has 2 rings (SSSR count). The fourth-order valence-electron chi connectivity index (χ4n) is 2.70. The number of hydrogen-bond acceptors (Lipinski definition) is 4. The summed E-state index contributed by atoms with van der Waals surface area (Å²) in [4.78, 5) is 7.73. The highest BCUT2D eigenvalue weighted by atomic mass is 79.9. The molecule has 0 aliphatic carbocycles. The van der Waals surface area contributed by atoms with Gasteiger partial charge in [-0.15, -0.1) is 0 Å². The van der Waals surface area contributed by atoms with Crippen molar-refractivity contribution in [2.24, 2.45) is 0 Å². The Kier molecular flexibility index (Phi) is 6.94. The Bertz CT molecular complexity index is 224. The van der Waals surface area contributed by atoms with Crippen LogP contribution in [0.4, 0.5) is 0 Å². The first-order valence-corrected chi connectivity index (χ1v) is 8.31. The third-order valence-electron chi connectivity index (χ3n) is 3.92. The maximum Gasteiger partial charge on any atom is 0.0594 e. The van der Waals surface area contributed by atoms with Crippen LogP contribution in [-0.2, 0) is 4.74 Å². The Labute approximate surface area is 119 Å². The van der Waals surface area contributed by atoms with Gasteiger partial charge in [-0.25, -0.2) is 0 Å². The van der Waals surface area contributed by atoms with Crippen LogP contribution >= 0.6 is 15.9 Å². The monoisotopic (exact) mass is 319 g/mol. The molecule has 0 atom stereocenters. The van der Waals surface area contributed by atoms with Crippen molar-refractivity contribution in [3.05, 3.63) is 0 Å². The topological polar surface area (TPSA) is 19.0 Å². The lowest BCUT2D eigenvalue weighted by atomic mass is 10.3. The van der Waals surface area contributed by atoms with E-state index in [0.29, 0.717) is 0 Å². The number of ether oxygens (including phenoxy) is 1. The molecule has 106 valence electrons. The number of rotatable bonds is 5. The molecule has 5 heteroatoms. The Morgan fingerprint density at radius 1 is 0.722 bits per heavy atom. The highest BCUT2D eigenvalue weighted by Crippen LogP contribution is 2.04. The number of halogens is 1. The van der Waals surface area contributed by atoms with Crippen LogP contribution in [0.5, 0.6) is 0 Å². The van der Waals surface area contributed by atoms with Gasteiger partial charge in [0.05, 0.1) is 13.2 Å². The van der Waals surface area contributed by atoms with Crippen LogP contribution in [0.25, 0.3) is 0 Å². The molecule has 0 amide bonds. The lowest BCUT2D eigenvalue weighted by Crippen LogP contribution is -2.42. The zero-order valence-electron chi connectivity index (χ0n) is 11.3. The van der Waals surface area contributed by atoms with Gasteiger partial charge in [0, 0.05) is 51.1 Å². The molecule has 0 N–H and O–H groups in total. The number of nitrogens with zero attached hydrogens (tertiary/aromatic N) is 3. The molecule has 0 aromatic rings. The molecular weight excluding hydrogens is 294 g/mol. The van der Waals surface area contributed by atoms with Crippen molar-refractivity contribution in [3.63, 3.8) is 0 Å². The first kappa shape index (κ1) is 14.7. The molecule has 2 saturated heterocycles. The number of morpholine rings is 1. The lowest BCUT2D eigenvalue weighted by molar-refractivity contribution is 0.0335. The van der Waals surface area contributed by atoms with Gasteiger partial charge in [-0.05, 0) is 19.5 Å². The standard InChI is InChI=1S/C13H26BrN3O/c14-2-5-15-3-1-4-16(7-6-15)8-9-17-10-12-18-13-11-17/h1-13H2. The minimum Gasteiger partial charge on any atom is -0.379 e. The summed E-state index contributed by atoms with van der Waals surface area (Å²) in [6, 6.07) is 0. The Hall–Kier alpha value is 0.320. The highest BCUT2D eigenvalue weighted by Gasteiger charge is 2.16. The van der Waals surface area contributed by atoms with Crippen LogP contribution in [0.1, 0.15) is 6.42 Å². The molecule has 0 unspecified atom stereocenters. The molecule has 0 saturated carbocycles.